The van der Waals surface area contributed by atoms with Crippen molar-refractivity contribution in [2.45, 2.75) is 33.5 Å². The highest BCUT2D eigenvalue weighted by Gasteiger charge is 2.77. The lowest BCUT2D eigenvalue weighted by atomic mass is 9.72. The number of fused-ring (bicyclic) bond motifs is 3. The van der Waals surface area contributed by atoms with Crippen molar-refractivity contribution in [3.8, 4) is 5.75 Å². The van der Waals surface area contributed by atoms with Crippen molar-refractivity contribution in [3.63, 3.8) is 0 Å². The molecular formula is C27H20BrClN2O3S. The highest BCUT2D eigenvalue weighted by atomic mass is 79.9. The molecule has 0 unspecified atom stereocenters. The molecule has 2 aromatic carbocycles. The summed E-state index contributed by atoms with van der Waals surface area (Å²) < 4.78 is 7.62. The lowest BCUT2D eigenvalue weighted by molar-refractivity contribution is -0.150. The standard InChI is InChI=1S/C27H20BrClN2O3S/c28-18-11-9-17(10-12-18)27-22(16-6-2-1-3-7-16)23(35-21-8-4-5-13-30-21)25(32)26(27,33)24-20(34-27)14-19(29)15-31-24/h1-15,22-23,25,32-33H/t22-,23-,25-,26+,27+/m1/s1. The van der Waals surface area contributed by atoms with E-state index in [9.17, 15) is 10.2 Å². The lowest BCUT2D eigenvalue weighted by Gasteiger charge is -2.40. The number of aliphatic hydroxyl groups is 2. The van der Waals surface area contributed by atoms with Crippen molar-refractivity contribution in [2.75, 3.05) is 0 Å². The van der Waals surface area contributed by atoms with Gasteiger partial charge in [0.05, 0.1) is 15.3 Å². The van der Waals surface area contributed by atoms with Crippen LogP contribution in [0.2, 0.25) is 5.02 Å². The Labute approximate surface area is 220 Å². The molecule has 0 amide bonds. The normalized spacial score (nSPS) is 28.9. The third-order valence-electron chi connectivity index (χ3n) is 6.85. The molecule has 1 aliphatic carbocycles. The Hall–Kier alpha value is -2.42. The summed E-state index contributed by atoms with van der Waals surface area (Å²) in [7, 11) is 0. The van der Waals surface area contributed by atoms with Crippen LogP contribution >= 0.6 is 39.3 Å². The second-order valence-corrected chi connectivity index (χ2v) is 11.2. The van der Waals surface area contributed by atoms with E-state index in [1.165, 1.54) is 18.0 Å². The molecule has 2 N–H and O–H groups in total. The van der Waals surface area contributed by atoms with E-state index in [1.807, 2.05) is 72.8 Å². The van der Waals surface area contributed by atoms with Gasteiger partial charge in [-0.15, -0.1) is 0 Å². The molecule has 176 valence electrons. The van der Waals surface area contributed by atoms with E-state index in [0.717, 1.165) is 20.6 Å². The lowest BCUT2D eigenvalue weighted by Crippen LogP contribution is -2.52. The van der Waals surface area contributed by atoms with Crippen molar-refractivity contribution in [2.24, 2.45) is 0 Å². The number of ether oxygens (including phenoxy) is 1. The zero-order chi connectivity index (χ0) is 24.2. The Balaban J connectivity index is 1.64. The molecule has 5 nitrogen and oxygen atoms in total. The maximum absolute atomic E-state index is 12.6. The van der Waals surface area contributed by atoms with E-state index in [1.54, 1.807) is 12.3 Å². The van der Waals surface area contributed by atoms with Crippen LogP contribution in [0.3, 0.4) is 0 Å². The fraction of sp³-hybridized carbons (Fsp3) is 0.185. The fourth-order valence-corrected chi connectivity index (χ4v) is 7.23. The predicted octanol–water partition coefficient (Wildman–Crippen LogP) is 5.69. The third kappa shape index (κ3) is 3.37. The van der Waals surface area contributed by atoms with Crippen LogP contribution < -0.4 is 4.74 Å². The molecule has 0 bridgehead atoms. The topological polar surface area (TPSA) is 75.5 Å². The highest BCUT2D eigenvalue weighted by Crippen LogP contribution is 2.68. The van der Waals surface area contributed by atoms with Gasteiger partial charge in [0.25, 0.3) is 0 Å². The molecule has 4 aromatic rings. The quantitative estimate of drug-likeness (QED) is 0.330. The van der Waals surface area contributed by atoms with Gasteiger partial charge < -0.3 is 14.9 Å². The van der Waals surface area contributed by atoms with E-state index in [4.69, 9.17) is 16.3 Å². The van der Waals surface area contributed by atoms with Crippen LogP contribution in [0.5, 0.6) is 5.75 Å². The molecule has 6 rings (SSSR count). The van der Waals surface area contributed by atoms with Crippen LogP contribution in [0.15, 0.2) is 101 Å². The van der Waals surface area contributed by atoms with Crippen LogP contribution in [-0.4, -0.2) is 31.5 Å². The maximum Gasteiger partial charge on any atom is 0.182 e. The molecule has 0 radical (unpaired) electrons. The van der Waals surface area contributed by atoms with Gasteiger partial charge in [-0.25, -0.2) is 4.98 Å². The molecule has 1 aliphatic heterocycles. The van der Waals surface area contributed by atoms with Gasteiger partial charge in [-0.2, -0.15) is 0 Å². The number of halogens is 2. The second-order valence-electron chi connectivity index (χ2n) is 8.69. The summed E-state index contributed by atoms with van der Waals surface area (Å²) in [6, 6.07) is 24.8. The largest absolute Gasteiger partial charge is 0.476 e. The van der Waals surface area contributed by atoms with E-state index in [2.05, 4.69) is 25.9 Å². The van der Waals surface area contributed by atoms with Gasteiger partial charge in [0.1, 0.15) is 17.5 Å². The van der Waals surface area contributed by atoms with Crippen LogP contribution in [0, 0.1) is 0 Å². The smallest absolute Gasteiger partial charge is 0.182 e. The summed E-state index contributed by atoms with van der Waals surface area (Å²) in [5, 5.41) is 25.2. The Morgan fingerprint density at radius 1 is 0.971 bits per heavy atom. The molecule has 3 heterocycles. The molecule has 35 heavy (non-hydrogen) atoms. The summed E-state index contributed by atoms with van der Waals surface area (Å²) in [5.41, 5.74) is -1.26. The first kappa shape index (κ1) is 23.0. The van der Waals surface area contributed by atoms with Gasteiger partial charge >= 0.3 is 0 Å². The van der Waals surface area contributed by atoms with Crippen molar-refractivity contribution in [1.29, 1.82) is 0 Å². The number of hydrogen-bond donors (Lipinski definition) is 2. The van der Waals surface area contributed by atoms with Gasteiger partial charge in [-0.05, 0) is 35.4 Å². The summed E-state index contributed by atoms with van der Waals surface area (Å²) >= 11 is 11.2. The summed E-state index contributed by atoms with van der Waals surface area (Å²) in [5.74, 6) is -0.0888. The third-order valence-corrected chi connectivity index (χ3v) is 8.87. The highest BCUT2D eigenvalue weighted by molar-refractivity contribution is 9.10. The first-order valence-electron chi connectivity index (χ1n) is 11.1. The summed E-state index contributed by atoms with van der Waals surface area (Å²) in [6.45, 7) is 0. The van der Waals surface area contributed by atoms with Crippen LogP contribution in [0.1, 0.15) is 22.7 Å². The minimum Gasteiger partial charge on any atom is -0.476 e. The summed E-state index contributed by atoms with van der Waals surface area (Å²) in [4.78, 5) is 8.95. The molecule has 5 atom stereocenters. The van der Waals surface area contributed by atoms with Crippen LogP contribution in [0.4, 0.5) is 0 Å². The summed E-state index contributed by atoms with van der Waals surface area (Å²) in [6.07, 6.45) is 1.97. The number of hydrogen-bond acceptors (Lipinski definition) is 6. The van der Waals surface area contributed by atoms with Crippen molar-refractivity contribution >= 4 is 39.3 Å². The number of thioether (sulfide) groups is 1. The van der Waals surface area contributed by atoms with Crippen LogP contribution in [-0.2, 0) is 11.2 Å². The SMILES string of the molecule is O[C@@H]1[C@H](Sc2ccccn2)[C@@H](c2ccccc2)[C@]2(c3ccc(Br)cc3)Oc3cc(Cl)cnc3[C@]12O. The van der Waals surface area contributed by atoms with Gasteiger partial charge in [0.2, 0.25) is 0 Å². The number of aromatic nitrogens is 2. The van der Waals surface area contributed by atoms with E-state index in [0.29, 0.717) is 10.8 Å². The molecule has 8 heteroatoms. The molecule has 1 saturated carbocycles. The Bertz CT molecular complexity index is 1380. The first-order valence-corrected chi connectivity index (χ1v) is 13.1. The minimum atomic E-state index is -1.84. The first-order chi connectivity index (χ1) is 16.9. The van der Waals surface area contributed by atoms with Crippen molar-refractivity contribution < 1.29 is 14.9 Å². The predicted molar refractivity (Wildman–Crippen MR) is 139 cm³/mol. The van der Waals surface area contributed by atoms with Gasteiger partial charge in [-0.1, -0.05) is 87.8 Å². The Morgan fingerprint density at radius 3 is 2.43 bits per heavy atom. The number of nitrogens with zero attached hydrogens (tertiary/aromatic N) is 2. The van der Waals surface area contributed by atoms with E-state index < -0.39 is 28.5 Å². The van der Waals surface area contributed by atoms with E-state index >= 15 is 0 Å². The zero-order valence-corrected chi connectivity index (χ0v) is 21.4. The average molecular weight is 568 g/mol. The van der Waals surface area contributed by atoms with Crippen LogP contribution in [0.25, 0.3) is 0 Å². The number of rotatable bonds is 4. The zero-order valence-electron chi connectivity index (χ0n) is 18.3. The molecule has 2 aliphatic rings. The van der Waals surface area contributed by atoms with E-state index in [-0.39, 0.29) is 5.69 Å². The molecule has 2 aromatic heterocycles. The maximum atomic E-state index is 12.6. The fourth-order valence-electron chi connectivity index (χ4n) is 5.45. The van der Waals surface area contributed by atoms with Gasteiger partial charge in [0, 0.05) is 28.9 Å². The van der Waals surface area contributed by atoms with Crippen molar-refractivity contribution in [3.05, 3.63) is 118 Å². The minimum absolute atomic E-state index is 0.280. The number of aliphatic hydroxyl groups excluding tert-OH is 1. The molecule has 1 fully saturated rings. The van der Waals surface area contributed by atoms with Gasteiger partial charge in [-0.3, -0.25) is 4.98 Å². The number of pyridine rings is 2. The Morgan fingerprint density at radius 2 is 1.71 bits per heavy atom. The molecular weight excluding hydrogens is 548 g/mol. The molecule has 0 spiro atoms. The second kappa shape index (κ2) is 8.61. The van der Waals surface area contributed by atoms with Gasteiger partial charge in [0.15, 0.2) is 11.2 Å². The average Bonchev–Trinajstić information content (AvgIpc) is 3.23. The number of benzene rings is 2. The van der Waals surface area contributed by atoms with Crippen molar-refractivity contribution in [1.82, 2.24) is 9.97 Å². The monoisotopic (exact) mass is 566 g/mol. The molecule has 0 saturated heterocycles. The Kier molecular flexibility index (Phi) is 5.66.